The number of carbonyl (C=O) groups is 1. The van der Waals surface area contributed by atoms with Gasteiger partial charge in [0.05, 0.1) is 30.6 Å². The Morgan fingerprint density at radius 1 is 0.824 bits per heavy atom. The number of aryl methyl sites for hydroxylation is 2. The van der Waals surface area contributed by atoms with Gasteiger partial charge in [-0.25, -0.2) is 4.79 Å². The third-order valence-electron chi connectivity index (χ3n) is 4.92. The van der Waals surface area contributed by atoms with Crippen LogP contribution in [0, 0.1) is 13.8 Å². The average Bonchev–Trinajstić information content (AvgIpc) is 3.12. The highest BCUT2D eigenvalue weighted by Gasteiger charge is 2.45. The van der Waals surface area contributed by atoms with Crippen LogP contribution >= 0.6 is 0 Å². The van der Waals surface area contributed by atoms with E-state index in [1.807, 2.05) is 0 Å². The number of rotatable bonds is 10. The number of ether oxygens (including phenoxy) is 3. The minimum atomic E-state index is -4.41. The minimum Gasteiger partial charge on any atom is -0.493 e. The van der Waals surface area contributed by atoms with Crippen LogP contribution < -0.4 is 0 Å². The Labute approximate surface area is 198 Å². The molecule has 0 spiro atoms. The van der Waals surface area contributed by atoms with Gasteiger partial charge in [0.15, 0.2) is 11.9 Å². The van der Waals surface area contributed by atoms with Gasteiger partial charge in [-0.2, -0.15) is 16.8 Å². The molecule has 1 aliphatic heterocycles. The zero-order chi connectivity index (χ0) is 25.1. The van der Waals surface area contributed by atoms with E-state index < -0.39 is 45.0 Å². The van der Waals surface area contributed by atoms with Crippen LogP contribution in [-0.2, 0) is 47.6 Å². The number of benzene rings is 2. The molecule has 2 aromatic rings. The molecule has 0 amide bonds. The summed E-state index contributed by atoms with van der Waals surface area (Å²) in [6.07, 6.45) is -3.06. The lowest BCUT2D eigenvalue weighted by Crippen LogP contribution is -2.38. The molecule has 0 unspecified atom stereocenters. The quantitative estimate of drug-likeness (QED) is 0.345. The van der Waals surface area contributed by atoms with Crippen molar-refractivity contribution in [1.82, 2.24) is 0 Å². The Hall–Kier alpha value is -2.93. The maximum atomic E-state index is 12.9. The normalized spacial score (nSPS) is 17.4. The maximum Gasteiger partial charge on any atom is 0.378 e. The van der Waals surface area contributed by atoms with Crippen molar-refractivity contribution in [2.45, 2.75) is 35.8 Å². The first-order valence-electron chi connectivity index (χ1n) is 9.97. The molecular weight excluding hydrogens is 488 g/mol. The van der Waals surface area contributed by atoms with Gasteiger partial charge in [-0.1, -0.05) is 35.4 Å². The van der Waals surface area contributed by atoms with Gasteiger partial charge in [0.25, 0.3) is 20.2 Å². The Bertz CT molecular complexity index is 1280. The number of hydrogen-bond donors (Lipinski definition) is 0. The predicted octanol–water partition coefficient (Wildman–Crippen LogP) is 2.21. The van der Waals surface area contributed by atoms with E-state index in [-0.39, 0.29) is 21.3 Å². The maximum absolute atomic E-state index is 12.9. The van der Waals surface area contributed by atoms with Gasteiger partial charge in [-0.3, -0.25) is 8.37 Å². The predicted molar refractivity (Wildman–Crippen MR) is 118 cm³/mol. The summed E-state index contributed by atoms with van der Waals surface area (Å²) in [6.45, 7) is 2.77. The smallest absolute Gasteiger partial charge is 0.378 e. The lowest BCUT2D eigenvalue weighted by atomic mass is 10.2. The molecule has 1 heterocycles. The van der Waals surface area contributed by atoms with Gasteiger partial charge in [0, 0.05) is 0 Å². The summed E-state index contributed by atoms with van der Waals surface area (Å²) in [6, 6.07) is 11.7. The van der Waals surface area contributed by atoms with E-state index in [2.05, 4.69) is 0 Å². The molecule has 0 saturated carbocycles. The average molecular weight is 513 g/mol. The van der Waals surface area contributed by atoms with Crippen LogP contribution in [0.3, 0.4) is 0 Å². The van der Waals surface area contributed by atoms with E-state index in [9.17, 15) is 21.6 Å². The first-order valence-corrected chi connectivity index (χ1v) is 12.8. The number of esters is 1. The molecule has 3 rings (SSSR count). The molecule has 34 heavy (non-hydrogen) atoms. The van der Waals surface area contributed by atoms with Gasteiger partial charge in [0.1, 0.15) is 6.10 Å². The van der Waals surface area contributed by atoms with Gasteiger partial charge in [0.2, 0.25) is 5.76 Å². The lowest BCUT2D eigenvalue weighted by molar-refractivity contribution is -0.147. The zero-order valence-electron chi connectivity index (χ0n) is 18.9. The highest BCUT2D eigenvalue weighted by atomic mass is 32.2. The molecule has 0 radical (unpaired) electrons. The van der Waals surface area contributed by atoms with E-state index in [1.165, 1.54) is 38.5 Å². The van der Waals surface area contributed by atoms with Crippen LogP contribution in [0.2, 0.25) is 0 Å². The first kappa shape index (κ1) is 25.7. The molecular formula is C22H24O10S2. The van der Waals surface area contributed by atoms with E-state index in [0.29, 0.717) is 0 Å². The SMILES string of the molecule is COC1=C(OC)[C@@H]([C@@H](COS(=O)(=O)c2ccc(C)cc2)OS(=O)(=O)c2ccc(C)cc2)OC1=O. The van der Waals surface area contributed by atoms with Crippen molar-refractivity contribution in [1.29, 1.82) is 0 Å². The number of carbonyl (C=O) groups excluding carboxylic acids is 1. The minimum absolute atomic E-state index is 0.137. The summed E-state index contributed by atoms with van der Waals surface area (Å²) < 4.78 is 76.9. The second-order valence-electron chi connectivity index (χ2n) is 7.38. The number of methoxy groups -OCH3 is 2. The summed E-state index contributed by atoms with van der Waals surface area (Å²) in [5.41, 5.74) is 1.66. The number of hydrogen-bond acceptors (Lipinski definition) is 10. The van der Waals surface area contributed by atoms with Gasteiger partial charge < -0.3 is 14.2 Å². The van der Waals surface area contributed by atoms with Crippen LogP contribution in [0.5, 0.6) is 0 Å². The van der Waals surface area contributed by atoms with E-state index in [1.54, 1.807) is 38.1 Å². The molecule has 0 fully saturated rings. The molecule has 2 aromatic carbocycles. The fourth-order valence-electron chi connectivity index (χ4n) is 3.11. The van der Waals surface area contributed by atoms with Gasteiger partial charge in [-0.05, 0) is 38.1 Å². The monoisotopic (exact) mass is 512 g/mol. The Morgan fingerprint density at radius 3 is 1.79 bits per heavy atom. The fourth-order valence-corrected chi connectivity index (χ4v) is 5.09. The van der Waals surface area contributed by atoms with Crippen molar-refractivity contribution < 1.29 is 44.2 Å². The van der Waals surface area contributed by atoms with Crippen molar-refractivity contribution in [3.8, 4) is 0 Å². The molecule has 184 valence electrons. The molecule has 0 N–H and O–H groups in total. The Balaban J connectivity index is 1.93. The van der Waals surface area contributed by atoms with Crippen molar-refractivity contribution in [3.63, 3.8) is 0 Å². The van der Waals surface area contributed by atoms with Gasteiger partial charge in [-0.15, -0.1) is 0 Å². The van der Waals surface area contributed by atoms with Crippen LogP contribution in [0.25, 0.3) is 0 Å². The van der Waals surface area contributed by atoms with Crippen LogP contribution in [-0.4, -0.2) is 55.8 Å². The molecule has 0 bridgehead atoms. The van der Waals surface area contributed by atoms with Crippen LogP contribution in [0.15, 0.2) is 69.8 Å². The van der Waals surface area contributed by atoms with Gasteiger partial charge >= 0.3 is 5.97 Å². The largest absolute Gasteiger partial charge is 0.493 e. The molecule has 0 aromatic heterocycles. The van der Waals surface area contributed by atoms with Crippen molar-refractivity contribution >= 4 is 26.2 Å². The summed E-state index contributed by atoms with van der Waals surface area (Å²) in [5.74, 6) is -1.38. The van der Waals surface area contributed by atoms with Crippen LogP contribution in [0.1, 0.15) is 11.1 Å². The van der Waals surface area contributed by atoms with Crippen molar-refractivity contribution in [2.75, 3.05) is 20.8 Å². The van der Waals surface area contributed by atoms with Crippen molar-refractivity contribution in [2.24, 2.45) is 0 Å². The van der Waals surface area contributed by atoms with E-state index in [4.69, 9.17) is 22.6 Å². The summed E-state index contributed by atoms with van der Waals surface area (Å²) >= 11 is 0. The summed E-state index contributed by atoms with van der Waals surface area (Å²) in [4.78, 5) is 11.9. The third-order valence-corrected chi connectivity index (χ3v) is 7.57. The van der Waals surface area contributed by atoms with Crippen LogP contribution in [0.4, 0.5) is 0 Å². The Kier molecular flexibility index (Phi) is 7.66. The molecule has 1 aliphatic rings. The number of cyclic esters (lactones) is 1. The molecule has 10 nitrogen and oxygen atoms in total. The lowest BCUT2D eigenvalue weighted by Gasteiger charge is -2.23. The highest BCUT2D eigenvalue weighted by Crippen LogP contribution is 2.30. The second kappa shape index (κ2) is 10.1. The first-order chi connectivity index (χ1) is 16.0. The standard InChI is InChI=1S/C22H24O10S2/c1-14-5-9-16(10-6-14)33(24,25)30-13-18(19-20(28-3)21(29-4)22(23)31-19)32-34(26,27)17-11-7-15(2)8-12-17/h5-12,18-19H,13H2,1-4H3/t18-,19-/m1/s1. The zero-order valence-corrected chi connectivity index (χ0v) is 20.5. The molecule has 2 atom stereocenters. The topological polar surface area (TPSA) is 132 Å². The fraction of sp³-hybridized carbons (Fsp3) is 0.318. The summed E-state index contributed by atoms with van der Waals surface area (Å²) in [5, 5.41) is 0. The molecule has 0 saturated heterocycles. The summed E-state index contributed by atoms with van der Waals surface area (Å²) in [7, 11) is -6.27. The highest BCUT2D eigenvalue weighted by molar-refractivity contribution is 7.87. The second-order valence-corrected chi connectivity index (χ2v) is 10.6. The Morgan fingerprint density at radius 2 is 1.32 bits per heavy atom. The van der Waals surface area contributed by atoms with E-state index >= 15 is 0 Å². The molecule has 0 aliphatic carbocycles. The van der Waals surface area contributed by atoms with Crippen molar-refractivity contribution in [3.05, 3.63) is 71.2 Å². The molecule has 12 heteroatoms. The van der Waals surface area contributed by atoms with E-state index in [0.717, 1.165) is 11.1 Å². The third kappa shape index (κ3) is 5.58.